The van der Waals surface area contributed by atoms with Gasteiger partial charge in [-0.3, -0.25) is 9.89 Å². The predicted molar refractivity (Wildman–Crippen MR) is 99.0 cm³/mol. The summed E-state index contributed by atoms with van der Waals surface area (Å²) in [6.07, 6.45) is 3.85. The number of carbonyl (C=O) groups excluding carboxylic acids is 1. The molecule has 24 heavy (non-hydrogen) atoms. The van der Waals surface area contributed by atoms with Crippen molar-refractivity contribution in [3.05, 3.63) is 64.7 Å². The van der Waals surface area contributed by atoms with Crippen LogP contribution in [-0.2, 0) is 4.79 Å². The van der Waals surface area contributed by atoms with Crippen LogP contribution >= 0.6 is 11.6 Å². The first-order valence-corrected chi connectivity index (χ1v) is 8.10. The van der Waals surface area contributed by atoms with E-state index < -0.39 is 0 Å². The van der Waals surface area contributed by atoms with Gasteiger partial charge in [0.2, 0.25) is 0 Å². The summed E-state index contributed by atoms with van der Waals surface area (Å²) in [6.45, 7) is 2.02. The van der Waals surface area contributed by atoms with E-state index in [1.807, 2.05) is 49.4 Å². The number of hydrogen-bond acceptors (Lipinski definition) is 3. The van der Waals surface area contributed by atoms with Crippen LogP contribution in [-0.4, -0.2) is 16.0 Å². The molecule has 0 aliphatic carbocycles. The third-order valence-electron chi connectivity index (χ3n) is 4.00. The molecule has 1 aromatic heterocycles. The molecule has 5 heteroatoms. The molecule has 0 saturated heterocycles. The van der Waals surface area contributed by atoms with E-state index in [0.29, 0.717) is 17.3 Å². The van der Waals surface area contributed by atoms with Gasteiger partial charge in [-0.05, 0) is 47.4 Å². The number of H-pyrrole nitrogens is 1. The highest BCUT2D eigenvalue weighted by Gasteiger charge is 2.10. The van der Waals surface area contributed by atoms with Gasteiger partial charge in [-0.15, -0.1) is 0 Å². The lowest BCUT2D eigenvalue weighted by molar-refractivity contribution is -0.114. The van der Waals surface area contributed by atoms with Crippen LogP contribution < -0.4 is 5.73 Å². The zero-order chi connectivity index (χ0) is 17.1. The van der Waals surface area contributed by atoms with Gasteiger partial charge in [-0.25, -0.2) is 0 Å². The summed E-state index contributed by atoms with van der Waals surface area (Å²) in [6, 6.07) is 13.4. The number of nitrogens with one attached hydrogen (secondary N) is 1. The summed E-state index contributed by atoms with van der Waals surface area (Å²) in [5.41, 5.74) is 8.66. The number of nitrogens with two attached hydrogens (primary N) is 1. The molecule has 1 unspecified atom stereocenters. The van der Waals surface area contributed by atoms with E-state index in [1.54, 1.807) is 12.2 Å². The average molecular weight is 340 g/mol. The summed E-state index contributed by atoms with van der Waals surface area (Å²) < 4.78 is 0. The van der Waals surface area contributed by atoms with Crippen LogP contribution in [0.2, 0.25) is 5.02 Å². The highest BCUT2D eigenvalue weighted by molar-refractivity contribution is 6.30. The molecule has 1 atom stereocenters. The van der Waals surface area contributed by atoms with Crippen molar-refractivity contribution in [3.8, 4) is 0 Å². The number of fused-ring (bicyclic) bond motifs is 1. The molecule has 0 radical (unpaired) electrons. The molecule has 2 aromatic carbocycles. The number of rotatable bonds is 5. The summed E-state index contributed by atoms with van der Waals surface area (Å²) in [5.74, 6) is 0.650. The summed E-state index contributed by atoms with van der Waals surface area (Å²) >= 11 is 6.00. The minimum absolute atomic E-state index is 0.0720. The fourth-order valence-electron chi connectivity index (χ4n) is 2.65. The number of carbonyl (C=O) groups is 1. The van der Waals surface area contributed by atoms with Crippen LogP contribution in [0.15, 0.2) is 48.5 Å². The third kappa shape index (κ3) is 3.66. The highest BCUT2D eigenvalue weighted by Crippen LogP contribution is 2.23. The maximum absolute atomic E-state index is 12.2. The molecule has 0 fully saturated rings. The van der Waals surface area contributed by atoms with E-state index in [9.17, 15) is 4.79 Å². The number of allylic oxidation sites excluding steroid dienone is 1. The number of aromatic amines is 1. The fourth-order valence-corrected chi connectivity index (χ4v) is 2.84. The van der Waals surface area contributed by atoms with Crippen molar-refractivity contribution < 1.29 is 4.79 Å². The second kappa shape index (κ2) is 6.89. The molecule has 3 aromatic rings. The molecule has 122 valence electrons. The second-order valence-electron chi connectivity index (χ2n) is 5.87. The number of halogens is 1. The second-order valence-corrected chi connectivity index (χ2v) is 6.31. The van der Waals surface area contributed by atoms with Gasteiger partial charge in [0.25, 0.3) is 0 Å². The van der Waals surface area contributed by atoms with Crippen LogP contribution in [0.3, 0.4) is 0 Å². The van der Waals surface area contributed by atoms with Crippen LogP contribution in [0.5, 0.6) is 0 Å². The Morgan fingerprint density at radius 2 is 2.17 bits per heavy atom. The van der Waals surface area contributed by atoms with Crippen molar-refractivity contribution in [2.75, 3.05) is 5.73 Å². The smallest absolute Gasteiger partial charge is 0.156 e. The maximum Gasteiger partial charge on any atom is 0.156 e. The number of nitrogens with zero attached hydrogens (tertiary/aromatic N) is 1. The van der Waals surface area contributed by atoms with Crippen LogP contribution in [0.4, 0.5) is 5.82 Å². The number of nitrogen functional groups attached to an aromatic ring is 1. The number of hydrogen-bond donors (Lipinski definition) is 2. The summed E-state index contributed by atoms with van der Waals surface area (Å²) in [5, 5.41) is 8.36. The van der Waals surface area contributed by atoms with E-state index in [2.05, 4.69) is 10.2 Å². The fraction of sp³-hybridized carbons (Fsp3) is 0.158. The Balaban J connectivity index is 1.68. The van der Waals surface area contributed by atoms with Gasteiger partial charge >= 0.3 is 0 Å². The molecule has 0 amide bonds. The van der Waals surface area contributed by atoms with Crippen LogP contribution in [0, 0.1) is 0 Å². The van der Waals surface area contributed by atoms with Crippen molar-refractivity contribution in [2.24, 2.45) is 0 Å². The van der Waals surface area contributed by atoms with Gasteiger partial charge < -0.3 is 5.73 Å². The Kier molecular flexibility index (Phi) is 4.67. The normalized spacial score (nSPS) is 12.8. The number of benzene rings is 2. The van der Waals surface area contributed by atoms with Crippen LogP contribution in [0.25, 0.3) is 17.0 Å². The van der Waals surface area contributed by atoms with Crippen LogP contribution in [0.1, 0.15) is 30.4 Å². The first-order chi connectivity index (χ1) is 11.5. The van der Waals surface area contributed by atoms with Crippen molar-refractivity contribution in [3.63, 3.8) is 0 Å². The largest absolute Gasteiger partial charge is 0.382 e. The van der Waals surface area contributed by atoms with E-state index in [-0.39, 0.29) is 11.7 Å². The third-order valence-corrected chi connectivity index (χ3v) is 4.24. The Morgan fingerprint density at radius 1 is 1.33 bits per heavy atom. The Hall–Kier alpha value is -2.59. The van der Waals surface area contributed by atoms with Gasteiger partial charge in [0.15, 0.2) is 11.6 Å². The van der Waals surface area contributed by atoms with Gasteiger partial charge in [0.05, 0.1) is 5.52 Å². The first kappa shape index (κ1) is 16.3. The first-order valence-electron chi connectivity index (χ1n) is 7.73. The summed E-state index contributed by atoms with van der Waals surface area (Å²) in [7, 11) is 0. The standard InChI is InChI=1S/C19H18ClN3O/c1-12(14-3-2-4-15(20)11-14)9-16(24)7-5-13-6-8-18-17(10-13)19(21)23-22-18/h2-8,10-12H,9H2,1H3,(H3,21,22,23)/b7-5+. The lowest BCUT2D eigenvalue weighted by atomic mass is 9.95. The molecule has 0 aliphatic heterocycles. The Morgan fingerprint density at radius 3 is 2.96 bits per heavy atom. The number of ketones is 1. The van der Waals surface area contributed by atoms with Crippen molar-refractivity contribution in [1.82, 2.24) is 10.2 Å². The Bertz CT molecular complexity index is 914. The van der Waals surface area contributed by atoms with E-state index in [4.69, 9.17) is 17.3 Å². The molecule has 4 nitrogen and oxygen atoms in total. The van der Waals surface area contributed by atoms with Crippen molar-refractivity contribution in [2.45, 2.75) is 19.3 Å². The number of anilines is 1. The van der Waals surface area contributed by atoms with E-state index >= 15 is 0 Å². The molecule has 0 spiro atoms. The average Bonchev–Trinajstić information content (AvgIpc) is 2.94. The molecule has 0 bridgehead atoms. The molecule has 3 N–H and O–H groups in total. The maximum atomic E-state index is 12.2. The molecular formula is C19H18ClN3O. The molecule has 0 aliphatic rings. The monoisotopic (exact) mass is 339 g/mol. The molecule has 1 heterocycles. The minimum Gasteiger partial charge on any atom is -0.382 e. The Labute approximate surface area is 145 Å². The SMILES string of the molecule is CC(CC(=O)/C=C/c1ccc2[nH]nc(N)c2c1)c1cccc(Cl)c1. The van der Waals surface area contributed by atoms with Crippen molar-refractivity contribution in [1.29, 1.82) is 0 Å². The molecular weight excluding hydrogens is 322 g/mol. The molecule has 3 rings (SSSR count). The lowest BCUT2D eigenvalue weighted by Gasteiger charge is -2.09. The van der Waals surface area contributed by atoms with E-state index in [1.165, 1.54) is 0 Å². The van der Waals surface area contributed by atoms with Gasteiger partial charge in [0, 0.05) is 16.8 Å². The number of aromatic nitrogens is 2. The quantitative estimate of drug-likeness (QED) is 0.668. The van der Waals surface area contributed by atoms with Gasteiger partial charge in [-0.2, -0.15) is 5.10 Å². The van der Waals surface area contributed by atoms with Gasteiger partial charge in [0.1, 0.15) is 0 Å². The zero-order valence-electron chi connectivity index (χ0n) is 13.3. The topological polar surface area (TPSA) is 71.8 Å². The van der Waals surface area contributed by atoms with Crippen molar-refractivity contribution >= 4 is 40.2 Å². The van der Waals surface area contributed by atoms with Gasteiger partial charge in [-0.1, -0.05) is 42.8 Å². The summed E-state index contributed by atoms with van der Waals surface area (Å²) in [4.78, 5) is 12.2. The minimum atomic E-state index is 0.0720. The predicted octanol–water partition coefficient (Wildman–Crippen LogP) is 4.57. The molecule has 0 saturated carbocycles. The lowest BCUT2D eigenvalue weighted by Crippen LogP contribution is -2.01. The highest BCUT2D eigenvalue weighted by atomic mass is 35.5. The van der Waals surface area contributed by atoms with E-state index in [0.717, 1.165) is 22.0 Å². The zero-order valence-corrected chi connectivity index (χ0v) is 14.0.